The average Bonchev–Trinajstić information content (AvgIpc) is 3.47. The number of imidazole rings is 1. The van der Waals surface area contributed by atoms with Crippen LogP contribution in [0.5, 0.6) is 0 Å². The maximum Gasteiger partial charge on any atom is 0.407 e. The Morgan fingerprint density at radius 3 is 2.28 bits per heavy atom. The first kappa shape index (κ1) is 37.3. The molecule has 13 heteroatoms. The molecule has 2 fully saturated rings. The monoisotopic (exact) mass is 723 g/mol. The summed E-state index contributed by atoms with van der Waals surface area (Å²) < 4.78 is 5.34. The quantitative estimate of drug-likeness (QED) is 0.118. The van der Waals surface area contributed by atoms with Gasteiger partial charge in [0, 0.05) is 41.9 Å². The molecule has 2 saturated carbocycles. The van der Waals surface area contributed by atoms with E-state index in [0.717, 1.165) is 54.5 Å². The van der Waals surface area contributed by atoms with Crippen LogP contribution in [0.25, 0.3) is 22.2 Å². The lowest BCUT2D eigenvalue weighted by Crippen LogP contribution is -2.48. The van der Waals surface area contributed by atoms with Crippen LogP contribution >= 0.6 is 0 Å². The minimum atomic E-state index is -0.877. The van der Waals surface area contributed by atoms with Gasteiger partial charge in [-0.25, -0.2) is 14.6 Å². The lowest BCUT2D eigenvalue weighted by atomic mass is 9.81. The molecule has 4 amide bonds. The Kier molecular flexibility index (Phi) is 11.3. The zero-order chi connectivity index (χ0) is 37.7. The maximum absolute atomic E-state index is 13.8. The lowest BCUT2D eigenvalue weighted by molar-refractivity contribution is -0.130. The molecule has 2 aliphatic rings. The number of pyridine rings is 1. The molecule has 53 heavy (non-hydrogen) atoms. The Labute approximate surface area is 308 Å². The van der Waals surface area contributed by atoms with Crippen molar-refractivity contribution in [3.63, 3.8) is 0 Å². The molecule has 2 aliphatic carbocycles. The summed E-state index contributed by atoms with van der Waals surface area (Å²) in [6, 6.07) is 15.8. The summed E-state index contributed by atoms with van der Waals surface area (Å²) in [5, 5.41) is 11.8. The van der Waals surface area contributed by atoms with Crippen LogP contribution in [0, 0.1) is 18.8 Å². The number of amides is 4. The summed E-state index contributed by atoms with van der Waals surface area (Å²) in [5.74, 6) is -0.755. The summed E-state index contributed by atoms with van der Waals surface area (Å²) in [5.41, 5.74) is 4.53. The number of alkyl carbamates (subject to hydrolysis) is 1. The molecule has 0 unspecified atom stereocenters. The average molecular weight is 724 g/mol. The molecular formula is C40H49N7O6. The lowest BCUT2D eigenvalue weighted by Gasteiger charge is -2.29. The Bertz CT molecular complexity index is 2020. The molecule has 0 spiro atoms. The van der Waals surface area contributed by atoms with Crippen LogP contribution in [0.3, 0.4) is 0 Å². The number of nitrogens with zero attached hydrogens (tertiary/aromatic N) is 1. The summed E-state index contributed by atoms with van der Waals surface area (Å²) in [6.45, 7) is 7.82. The third-order valence-electron chi connectivity index (χ3n) is 10.0. The summed E-state index contributed by atoms with van der Waals surface area (Å²) in [7, 11) is 0. The number of aromatic nitrogens is 3. The molecule has 0 saturated heterocycles. The molecule has 2 aromatic carbocycles. The molecule has 2 aromatic heterocycles. The third kappa shape index (κ3) is 9.91. The summed E-state index contributed by atoms with van der Waals surface area (Å²) in [6.07, 6.45) is 5.75. The number of aromatic amines is 2. The normalized spacial score (nSPS) is 18.0. The van der Waals surface area contributed by atoms with Crippen molar-refractivity contribution in [1.29, 1.82) is 0 Å². The van der Waals surface area contributed by atoms with E-state index < -0.39 is 17.7 Å². The van der Waals surface area contributed by atoms with E-state index in [9.17, 15) is 24.0 Å². The fraction of sp³-hybridized carbons (Fsp3) is 0.450. The van der Waals surface area contributed by atoms with E-state index in [4.69, 9.17) is 4.74 Å². The molecule has 0 aliphatic heterocycles. The van der Waals surface area contributed by atoms with Crippen molar-refractivity contribution < 1.29 is 23.9 Å². The number of hydrogen-bond donors (Lipinski definition) is 6. The van der Waals surface area contributed by atoms with Crippen LogP contribution in [0.15, 0.2) is 59.4 Å². The first-order valence-electron chi connectivity index (χ1n) is 18.5. The number of anilines is 1. The van der Waals surface area contributed by atoms with E-state index in [1.807, 2.05) is 58.0 Å². The molecular weight excluding hydrogens is 674 g/mol. The van der Waals surface area contributed by atoms with E-state index in [0.29, 0.717) is 41.8 Å². The fourth-order valence-corrected chi connectivity index (χ4v) is 6.87. The maximum atomic E-state index is 13.8. The van der Waals surface area contributed by atoms with E-state index in [2.05, 4.69) is 36.2 Å². The van der Waals surface area contributed by atoms with E-state index >= 15 is 0 Å². The van der Waals surface area contributed by atoms with Gasteiger partial charge in [-0.2, -0.15) is 0 Å². The number of rotatable bonds is 11. The Morgan fingerprint density at radius 2 is 1.62 bits per heavy atom. The Morgan fingerprint density at radius 1 is 0.906 bits per heavy atom. The highest BCUT2D eigenvalue weighted by Crippen LogP contribution is 2.29. The van der Waals surface area contributed by atoms with Gasteiger partial charge in [0.15, 0.2) is 0 Å². The van der Waals surface area contributed by atoms with E-state index in [1.54, 1.807) is 24.3 Å². The van der Waals surface area contributed by atoms with Gasteiger partial charge < -0.3 is 36.0 Å². The Balaban J connectivity index is 1.11. The van der Waals surface area contributed by atoms with Crippen molar-refractivity contribution in [1.82, 2.24) is 30.9 Å². The number of H-pyrrole nitrogens is 2. The molecule has 0 bridgehead atoms. The predicted octanol–water partition coefficient (Wildman–Crippen LogP) is 5.51. The van der Waals surface area contributed by atoms with Gasteiger partial charge in [-0.3, -0.25) is 14.4 Å². The van der Waals surface area contributed by atoms with Gasteiger partial charge in [-0.05, 0) is 114 Å². The summed E-state index contributed by atoms with van der Waals surface area (Å²) >= 11 is 0. The number of fused-ring (bicyclic) bond motifs is 1. The second-order valence-corrected chi connectivity index (χ2v) is 15.3. The van der Waals surface area contributed by atoms with Gasteiger partial charge in [0.2, 0.25) is 11.8 Å². The molecule has 2 heterocycles. The van der Waals surface area contributed by atoms with Crippen LogP contribution in [-0.2, 0) is 20.7 Å². The molecule has 0 radical (unpaired) electrons. The molecule has 13 nitrogen and oxygen atoms in total. The van der Waals surface area contributed by atoms with Gasteiger partial charge >= 0.3 is 11.8 Å². The van der Waals surface area contributed by atoms with Crippen molar-refractivity contribution in [2.45, 2.75) is 96.7 Å². The van der Waals surface area contributed by atoms with Gasteiger partial charge in [-0.15, -0.1) is 0 Å². The second kappa shape index (κ2) is 16.1. The van der Waals surface area contributed by atoms with Crippen LogP contribution < -0.4 is 27.0 Å². The molecule has 6 rings (SSSR count). The number of aryl methyl sites for hydroxylation is 1. The van der Waals surface area contributed by atoms with Crippen LogP contribution in [0.2, 0.25) is 0 Å². The number of carbonyl (C=O) groups excluding carboxylic acids is 4. The van der Waals surface area contributed by atoms with Crippen molar-refractivity contribution in [2.24, 2.45) is 11.8 Å². The van der Waals surface area contributed by atoms with Gasteiger partial charge in [0.1, 0.15) is 17.3 Å². The largest absolute Gasteiger partial charge is 0.444 e. The Hall–Kier alpha value is -5.46. The number of benzene rings is 2. The molecule has 280 valence electrons. The van der Waals surface area contributed by atoms with Crippen LogP contribution in [0.1, 0.15) is 87.5 Å². The number of ether oxygens (including phenoxy) is 1. The standard InChI is InChI=1S/C40H49N7O6/c1-23-30(17-19-32(42-23)36(49)43-28-6-5-7-28)26-12-8-24(9-13-26)20-34(37(50)44-29-16-18-31-33(21-29)47-38(51)46-31)45-35(48)27-14-10-25(11-15-27)22-41-39(52)53-40(2,3)4/h8-9,12-13,16-19,21,25,27-28,34H,5-7,10-11,14-15,20,22H2,1-4H3,(H,41,52)(H,43,49)(H,44,50)(H,45,48)(H2,46,47,51)/t25-,27-,34-/m0/s1. The fourth-order valence-electron chi connectivity index (χ4n) is 6.87. The van der Waals surface area contributed by atoms with E-state index in [1.165, 1.54) is 0 Å². The molecule has 1 atom stereocenters. The minimum absolute atomic E-state index is 0.157. The topological polar surface area (TPSA) is 187 Å². The number of hydrogen-bond acceptors (Lipinski definition) is 7. The first-order valence-corrected chi connectivity index (χ1v) is 18.5. The third-order valence-corrected chi connectivity index (χ3v) is 10.0. The summed E-state index contributed by atoms with van der Waals surface area (Å²) in [4.78, 5) is 73.9. The minimum Gasteiger partial charge on any atom is -0.444 e. The van der Waals surface area contributed by atoms with Crippen molar-refractivity contribution in [3.8, 4) is 11.1 Å². The van der Waals surface area contributed by atoms with Crippen LogP contribution in [0.4, 0.5) is 10.5 Å². The SMILES string of the molecule is Cc1nc(C(=O)NC2CCC2)ccc1-c1ccc(C[C@H](NC(=O)[C@H]2CC[C@H](CNC(=O)OC(C)(C)C)CC2)C(=O)Nc2ccc3[nH]c(=O)[nH]c3c2)cc1. The van der Waals surface area contributed by atoms with Crippen LogP contribution in [-0.4, -0.2) is 63.0 Å². The predicted molar refractivity (Wildman–Crippen MR) is 202 cm³/mol. The van der Waals surface area contributed by atoms with Crippen molar-refractivity contribution in [3.05, 3.63) is 82.0 Å². The van der Waals surface area contributed by atoms with Gasteiger partial charge in [-0.1, -0.05) is 30.3 Å². The number of carbonyl (C=O) groups is 4. The first-order chi connectivity index (χ1) is 25.3. The van der Waals surface area contributed by atoms with Gasteiger partial charge in [0.25, 0.3) is 5.91 Å². The zero-order valence-corrected chi connectivity index (χ0v) is 30.8. The second-order valence-electron chi connectivity index (χ2n) is 15.3. The van der Waals surface area contributed by atoms with Gasteiger partial charge in [0.05, 0.1) is 11.0 Å². The highest BCUT2D eigenvalue weighted by molar-refractivity contribution is 5.99. The highest BCUT2D eigenvalue weighted by atomic mass is 16.6. The number of nitrogens with one attached hydrogen (secondary N) is 6. The highest BCUT2D eigenvalue weighted by Gasteiger charge is 2.30. The molecule has 4 aromatic rings. The van der Waals surface area contributed by atoms with Crippen molar-refractivity contribution in [2.75, 3.05) is 11.9 Å². The van der Waals surface area contributed by atoms with E-state index in [-0.39, 0.29) is 47.7 Å². The zero-order valence-electron chi connectivity index (χ0n) is 30.8. The smallest absolute Gasteiger partial charge is 0.407 e. The van der Waals surface area contributed by atoms with Crippen molar-refractivity contribution >= 4 is 40.5 Å². The molecule has 6 N–H and O–H groups in total.